The van der Waals surface area contributed by atoms with E-state index in [0.29, 0.717) is 6.61 Å². The van der Waals surface area contributed by atoms with Gasteiger partial charge in [-0.1, -0.05) is 80.5 Å². The van der Waals surface area contributed by atoms with Crippen LogP contribution in [0.5, 0.6) is 11.5 Å². The molecular formula is C50H66N5O8PSi. The van der Waals surface area contributed by atoms with Gasteiger partial charge in [0, 0.05) is 23.9 Å². The molecule has 13 nitrogen and oxygen atoms in total. The Balaban J connectivity index is 1.40. The number of benzene rings is 3. The monoisotopic (exact) mass is 923 g/mol. The Hall–Kier alpha value is -4.42. The molecule has 0 bridgehead atoms. The Kier molecular flexibility index (Phi) is 15.4. The molecule has 3 aromatic rings. The van der Waals surface area contributed by atoms with Crippen molar-refractivity contribution in [2.75, 3.05) is 34.0 Å². The van der Waals surface area contributed by atoms with Gasteiger partial charge in [0.05, 0.1) is 46.1 Å². The number of allylic oxidation sites excluding steroid dienone is 2. The molecule has 3 aliphatic heterocycles. The van der Waals surface area contributed by atoms with Gasteiger partial charge < -0.3 is 37.3 Å². The van der Waals surface area contributed by atoms with Crippen LogP contribution >= 0.6 is 8.53 Å². The van der Waals surface area contributed by atoms with Gasteiger partial charge in [-0.2, -0.15) is 10.4 Å². The average Bonchev–Trinajstić information content (AvgIpc) is 3.77. The third-order valence-corrected chi connectivity index (χ3v) is 19.5. The Morgan fingerprint density at radius 3 is 2.06 bits per heavy atom. The van der Waals surface area contributed by atoms with E-state index in [-0.39, 0.29) is 36.8 Å². The van der Waals surface area contributed by atoms with Crippen molar-refractivity contribution in [1.29, 1.82) is 5.26 Å². The lowest BCUT2D eigenvalue weighted by atomic mass is 9.80. The maximum Gasteiger partial charge on any atom is 0.259 e. The molecule has 0 saturated carbocycles. The largest absolute Gasteiger partial charge is 0.497 e. The zero-order chi connectivity index (χ0) is 46.5. The lowest BCUT2D eigenvalue weighted by molar-refractivity contribution is -0.106. The van der Waals surface area contributed by atoms with E-state index in [1.54, 1.807) is 20.4 Å². The summed E-state index contributed by atoms with van der Waals surface area (Å²) < 4.78 is 50.1. The van der Waals surface area contributed by atoms with Crippen LogP contribution in [0.4, 0.5) is 0 Å². The minimum absolute atomic E-state index is 0.0587. The number of hydrazone groups is 1. The first-order valence-corrected chi connectivity index (χ1v) is 26.7. The van der Waals surface area contributed by atoms with Gasteiger partial charge in [-0.05, 0) is 111 Å². The lowest BCUT2D eigenvalue weighted by Crippen LogP contribution is -2.52. The predicted octanol–water partition coefficient (Wildman–Crippen LogP) is 10.5. The number of rotatable bonds is 19. The molecule has 1 unspecified atom stereocenters. The van der Waals surface area contributed by atoms with Gasteiger partial charge in [0.25, 0.3) is 8.53 Å². The standard InChI is InChI=1S/C50H66N5O8PSi/c1-34(2)55(35(3)4)64(60-29-15-28-51)62-46-44(33-58-50(38-16-13-12-14-17-38,39-20-24-41(56-8)25-21-39)40-22-26-42(57-9)27-23-40)61-48(47(46)63-65(10,11)49(5,6)7)54-31-36-18-19-37-32-59-52-30-43(53-54)45(36)37/h12-14,16-17,20-27,30-31,34-35,44,46-48H,15,18-19,29,32-33H2,1-11H3/t44-,46-,47-,48-,64?/m1/s1. The van der Waals surface area contributed by atoms with Gasteiger partial charge in [0.2, 0.25) is 0 Å². The molecule has 0 radical (unpaired) electrons. The molecule has 1 aliphatic carbocycles. The molecule has 0 N–H and O–H groups in total. The molecule has 1 fully saturated rings. The van der Waals surface area contributed by atoms with Crippen molar-refractivity contribution >= 4 is 28.8 Å². The first-order chi connectivity index (χ1) is 31.1. The van der Waals surface area contributed by atoms with E-state index in [2.05, 4.69) is 95.8 Å². The van der Waals surface area contributed by atoms with Gasteiger partial charge >= 0.3 is 0 Å². The van der Waals surface area contributed by atoms with E-state index < -0.39 is 47.0 Å². The third-order valence-electron chi connectivity index (χ3n) is 12.9. The molecule has 7 rings (SSSR count). The molecule has 5 atom stereocenters. The summed E-state index contributed by atoms with van der Waals surface area (Å²) in [6.07, 6.45) is 2.92. The molecular weight excluding hydrogens is 858 g/mol. The Labute approximate surface area is 388 Å². The van der Waals surface area contributed by atoms with Gasteiger partial charge in [0.15, 0.2) is 14.5 Å². The summed E-state index contributed by atoms with van der Waals surface area (Å²) in [6, 6.07) is 28.6. The SMILES string of the molecule is COc1ccc(C(OC[C@H]2O[C@@H](N3C=C4CCC5=C4C(=N3)C=NOC5)[C@H](O[Si](C)(C)C(C)(C)C)[C@@H]2OP(OCCC#N)N(C(C)C)C(C)C)(c2ccccc2)c2ccc(OC)cc2)cc1. The van der Waals surface area contributed by atoms with Crippen LogP contribution in [0.15, 0.2) is 112 Å². The number of hydrogen-bond acceptors (Lipinski definition) is 13. The first kappa shape index (κ1) is 48.5. The van der Waals surface area contributed by atoms with Gasteiger partial charge in [-0.3, -0.25) is 0 Å². The van der Waals surface area contributed by atoms with E-state index in [0.717, 1.165) is 57.9 Å². The van der Waals surface area contributed by atoms with Crippen molar-refractivity contribution in [2.24, 2.45) is 10.3 Å². The highest BCUT2D eigenvalue weighted by Crippen LogP contribution is 2.52. The van der Waals surface area contributed by atoms with E-state index in [9.17, 15) is 5.26 Å². The van der Waals surface area contributed by atoms with Crippen LogP contribution in [-0.2, 0) is 33.4 Å². The topological polar surface area (TPSA) is 129 Å². The van der Waals surface area contributed by atoms with Crippen LogP contribution in [0.1, 0.15) is 84.4 Å². The quantitative estimate of drug-likeness (QED) is 0.0493. The molecule has 0 spiro atoms. The van der Waals surface area contributed by atoms with Gasteiger partial charge in [-0.25, -0.2) is 9.68 Å². The number of nitrogens with zero attached hydrogens (tertiary/aromatic N) is 5. The zero-order valence-electron chi connectivity index (χ0n) is 39.8. The number of methoxy groups -OCH3 is 2. The van der Waals surface area contributed by atoms with Crippen molar-refractivity contribution in [3.05, 3.63) is 118 Å². The molecule has 1 saturated heterocycles. The summed E-state index contributed by atoms with van der Waals surface area (Å²) in [5.74, 6) is 1.46. The van der Waals surface area contributed by atoms with Crippen molar-refractivity contribution in [1.82, 2.24) is 9.68 Å². The molecule has 65 heavy (non-hydrogen) atoms. The second-order valence-electron chi connectivity index (χ2n) is 18.8. The average molecular weight is 924 g/mol. The highest BCUT2D eigenvalue weighted by Gasteiger charge is 2.55. The summed E-state index contributed by atoms with van der Waals surface area (Å²) >= 11 is 0. The van der Waals surface area contributed by atoms with E-state index >= 15 is 0 Å². The minimum atomic E-state index is -2.56. The van der Waals surface area contributed by atoms with Gasteiger partial charge in [0.1, 0.15) is 47.7 Å². The van der Waals surface area contributed by atoms with Crippen LogP contribution in [0.25, 0.3) is 0 Å². The van der Waals surface area contributed by atoms with E-state index in [4.69, 9.17) is 42.4 Å². The van der Waals surface area contributed by atoms with E-state index in [1.807, 2.05) is 71.7 Å². The van der Waals surface area contributed by atoms with Crippen molar-refractivity contribution in [3.63, 3.8) is 0 Å². The fourth-order valence-corrected chi connectivity index (χ4v) is 11.7. The van der Waals surface area contributed by atoms with Crippen LogP contribution in [0.3, 0.4) is 0 Å². The van der Waals surface area contributed by atoms with Crippen LogP contribution in [0, 0.1) is 11.3 Å². The van der Waals surface area contributed by atoms with E-state index in [1.165, 1.54) is 5.57 Å². The number of nitriles is 1. The minimum Gasteiger partial charge on any atom is -0.497 e. The molecule has 3 heterocycles. The highest BCUT2D eigenvalue weighted by atomic mass is 31.2. The Morgan fingerprint density at radius 1 is 0.877 bits per heavy atom. The van der Waals surface area contributed by atoms with Crippen LogP contribution in [0.2, 0.25) is 18.1 Å². The van der Waals surface area contributed by atoms with Crippen molar-refractivity contribution in [3.8, 4) is 17.6 Å². The van der Waals surface area contributed by atoms with Crippen LogP contribution < -0.4 is 9.47 Å². The van der Waals surface area contributed by atoms with Crippen LogP contribution in [-0.4, -0.2) is 101 Å². The number of hydrogen-bond donors (Lipinski definition) is 0. The predicted molar refractivity (Wildman–Crippen MR) is 257 cm³/mol. The molecule has 0 aromatic heterocycles. The summed E-state index contributed by atoms with van der Waals surface area (Å²) in [5, 5.41) is 20.8. The molecule has 4 aliphatic rings. The van der Waals surface area contributed by atoms with Gasteiger partial charge in [-0.15, -0.1) is 0 Å². The summed E-state index contributed by atoms with van der Waals surface area (Å²) in [6.45, 7) is 20.5. The molecule has 348 valence electrons. The maximum atomic E-state index is 9.63. The first-order valence-electron chi connectivity index (χ1n) is 22.6. The summed E-state index contributed by atoms with van der Waals surface area (Å²) in [4.78, 5) is 5.63. The Bertz CT molecular complexity index is 2200. The highest BCUT2D eigenvalue weighted by molar-refractivity contribution is 7.44. The molecule has 0 amide bonds. The summed E-state index contributed by atoms with van der Waals surface area (Å²) in [5.41, 5.74) is 5.74. The second-order valence-corrected chi connectivity index (χ2v) is 25.0. The third kappa shape index (κ3) is 10.3. The van der Waals surface area contributed by atoms with Crippen molar-refractivity contribution < 1.29 is 37.3 Å². The fraction of sp³-hybridized carbons (Fsp3) is 0.500. The maximum absolute atomic E-state index is 9.63. The Morgan fingerprint density at radius 2 is 1.49 bits per heavy atom. The molecule has 15 heteroatoms. The number of ether oxygens (including phenoxy) is 4. The second kappa shape index (κ2) is 20.6. The lowest BCUT2D eigenvalue weighted by Gasteiger charge is -2.43. The van der Waals surface area contributed by atoms with Crippen molar-refractivity contribution in [2.45, 2.75) is 128 Å². The fourth-order valence-electron chi connectivity index (χ4n) is 8.67. The smallest absolute Gasteiger partial charge is 0.259 e. The summed E-state index contributed by atoms with van der Waals surface area (Å²) in [7, 11) is -0.984. The molecule has 3 aromatic carbocycles. The number of oxime groups is 1. The normalized spacial score (nSPS) is 21.5. The zero-order valence-corrected chi connectivity index (χ0v) is 41.7.